The van der Waals surface area contributed by atoms with Gasteiger partial charge in [0.2, 0.25) is 5.90 Å². The quantitative estimate of drug-likeness (QED) is 0.792. The summed E-state index contributed by atoms with van der Waals surface area (Å²) in [6, 6.07) is 9.38. The summed E-state index contributed by atoms with van der Waals surface area (Å²) in [6.07, 6.45) is 4.99. The summed E-state index contributed by atoms with van der Waals surface area (Å²) in [7, 11) is 3.61. The third kappa shape index (κ3) is 3.61. The van der Waals surface area contributed by atoms with Crippen molar-refractivity contribution in [3.05, 3.63) is 65.6 Å². The van der Waals surface area contributed by atoms with Crippen molar-refractivity contribution in [3.8, 4) is 5.75 Å². The van der Waals surface area contributed by atoms with Crippen LogP contribution in [-0.2, 0) is 0 Å². The van der Waals surface area contributed by atoms with E-state index in [4.69, 9.17) is 10.1 Å². The molecular weight excluding hydrogens is 328 g/mol. The van der Waals surface area contributed by atoms with Gasteiger partial charge in [0, 0.05) is 50.0 Å². The minimum Gasteiger partial charge on any atom is -0.438 e. The molecule has 1 aliphatic rings. The van der Waals surface area contributed by atoms with E-state index in [1.807, 2.05) is 38.2 Å². The lowest BCUT2D eigenvalue weighted by molar-refractivity contribution is 0.553. The molecule has 0 saturated carbocycles. The topological polar surface area (TPSA) is 94.8 Å². The highest BCUT2D eigenvalue weighted by Crippen LogP contribution is 2.24. The molecule has 7 nitrogen and oxygen atoms in total. The first-order valence-corrected chi connectivity index (χ1v) is 8.13. The Hall–Kier alpha value is -3.48. The summed E-state index contributed by atoms with van der Waals surface area (Å²) in [6.45, 7) is 2.02. The number of aliphatic imine (C=N–C) groups is 2. The van der Waals surface area contributed by atoms with E-state index in [1.54, 1.807) is 31.7 Å². The Balaban J connectivity index is 2.00. The Morgan fingerprint density at radius 2 is 2.00 bits per heavy atom. The number of nitrogens with zero attached hydrogens (tertiary/aromatic N) is 3. The Morgan fingerprint density at radius 3 is 2.69 bits per heavy atom. The molecule has 7 heteroatoms. The molecule has 0 amide bonds. The number of anilines is 1. The SMILES string of the molecule is CN/C=C1\C(=N)N=C(c2cccnc2)N=C1Oc1ccc(C)c(NC)c1. The van der Waals surface area contributed by atoms with E-state index in [-0.39, 0.29) is 5.84 Å². The van der Waals surface area contributed by atoms with Crippen LogP contribution in [0.25, 0.3) is 0 Å². The number of benzene rings is 1. The summed E-state index contributed by atoms with van der Waals surface area (Å²) < 4.78 is 6.00. The van der Waals surface area contributed by atoms with Crippen molar-refractivity contribution in [2.24, 2.45) is 9.98 Å². The van der Waals surface area contributed by atoms with Gasteiger partial charge in [0.1, 0.15) is 5.75 Å². The smallest absolute Gasteiger partial charge is 0.233 e. The van der Waals surface area contributed by atoms with Gasteiger partial charge in [0.15, 0.2) is 11.7 Å². The van der Waals surface area contributed by atoms with E-state index in [9.17, 15) is 0 Å². The first-order valence-electron chi connectivity index (χ1n) is 8.13. The largest absolute Gasteiger partial charge is 0.438 e. The fourth-order valence-electron chi connectivity index (χ4n) is 2.47. The van der Waals surface area contributed by atoms with Gasteiger partial charge in [-0.2, -0.15) is 4.99 Å². The maximum atomic E-state index is 8.25. The Bertz CT molecular complexity index is 915. The lowest BCUT2D eigenvalue weighted by Gasteiger charge is -2.17. The number of pyridine rings is 1. The molecule has 0 atom stereocenters. The highest BCUT2D eigenvalue weighted by Gasteiger charge is 2.22. The third-order valence-corrected chi connectivity index (χ3v) is 3.81. The second-order valence-corrected chi connectivity index (χ2v) is 5.62. The van der Waals surface area contributed by atoms with Crippen molar-refractivity contribution in [2.45, 2.75) is 6.92 Å². The first-order chi connectivity index (χ1) is 12.6. The maximum Gasteiger partial charge on any atom is 0.233 e. The number of nitrogens with one attached hydrogen (secondary N) is 3. The Kier molecular flexibility index (Phi) is 5.07. The number of aryl methyl sites for hydroxylation is 1. The van der Waals surface area contributed by atoms with E-state index in [2.05, 4.69) is 25.6 Å². The molecule has 3 N–H and O–H groups in total. The normalized spacial score (nSPS) is 15.3. The summed E-state index contributed by atoms with van der Waals surface area (Å²) in [5.41, 5.74) is 3.28. The second-order valence-electron chi connectivity index (χ2n) is 5.62. The fourth-order valence-corrected chi connectivity index (χ4v) is 2.47. The van der Waals surface area contributed by atoms with Crippen LogP contribution < -0.4 is 15.4 Å². The van der Waals surface area contributed by atoms with Gasteiger partial charge in [-0.25, -0.2) is 4.99 Å². The predicted octanol–water partition coefficient (Wildman–Crippen LogP) is 2.75. The first kappa shape index (κ1) is 17.3. The molecule has 0 radical (unpaired) electrons. The summed E-state index contributed by atoms with van der Waals surface area (Å²) in [5.74, 6) is 1.40. The molecule has 0 unspecified atom stereocenters. The van der Waals surface area contributed by atoms with Crippen molar-refractivity contribution in [1.82, 2.24) is 10.3 Å². The molecule has 0 spiro atoms. The predicted molar refractivity (Wildman–Crippen MR) is 104 cm³/mol. The molecule has 2 heterocycles. The van der Waals surface area contributed by atoms with Crippen LogP contribution in [0.3, 0.4) is 0 Å². The average Bonchev–Trinajstić information content (AvgIpc) is 2.66. The molecule has 1 aromatic carbocycles. The highest BCUT2D eigenvalue weighted by atomic mass is 16.5. The molecule has 1 aliphatic heterocycles. The average molecular weight is 348 g/mol. The number of hydrogen-bond donors (Lipinski definition) is 3. The lowest BCUT2D eigenvalue weighted by atomic mass is 10.1. The molecule has 3 rings (SSSR count). The second kappa shape index (κ2) is 7.60. The monoisotopic (exact) mass is 348 g/mol. The van der Waals surface area contributed by atoms with Crippen molar-refractivity contribution < 1.29 is 4.74 Å². The molecule has 0 aliphatic carbocycles. The van der Waals surface area contributed by atoms with Gasteiger partial charge in [0.05, 0.1) is 5.57 Å². The van der Waals surface area contributed by atoms with Crippen LogP contribution in [0.1, 0.15) is 11.1 Å². The summed E-state index contributed by atoms with van der Waals surface area (Å²) in [4.78, 5) is 12.9. The minimum absolute atomic E-state index is 0.0733. The summed E-state index contributed by atoms with van der Waals surface area (Å²) >= 11 is 0. The lowest BCUT2D eigenvalue weighted by Crippen LogP contribution is -2.26. The van der Waals surface area contributed by atoms with Crippen LogP contribution in [0.4, 0.5) is 5.69 Å². The Morgan fingerprint density at radius 1 is 1.15 bits per heavy atom. The zero-order chi connectivity index (χ0) is 18.5. The van der Waals surface area contributed by atoms with E-state index in [0.29, 0.717) is 23.1 Å². The van der Waals surface area contributed by atoms with Crippen molar-refractivity contribution in [1.29, 1.82) is 5.41 Å². The van der Waals surface area contributed by atoms with Gasteiger partial charge in [-0.1, -0.05) is 6.07 Å². The number of ether oxygens (including phenoxy) is 1. The number of aromatic nitrogens is 1. The molecule has 2 aromatic rings. The number of amidine groups is 2. The molecular formula is C19H20N6O. The van der Waals surface area contributed by atoms with Gasteiger partial charge >= 0.3 is 0 Å². The van der Waals surface area contributed by atoms with Crippen LogP contribution in [0, 0.1) is 12.3 Å². The molecule has 26 heavy (non-hydrogen) atoms. The van der Waals surface area contributed by atoms with E-state index in [1.165, 1.54) is 0 Å². The zero-order valence-corrected chi connectivity index (χ0v) is 14.9. The van der Waals surface area contributed by atoms with Crippen LogP contribution in [0.15, 0.2) is 64.5 Å². The van der Waals surface area contributed by atoms with Gasteiger partial charge < -0.3 is 15.4 Å². The van der Waals surface area contributed by atoms with E-state index < -0.39 is 0 Å². The van der Waals surface area contributed by atoms with Crippen LogP contribution in [0.5, 0.6) is 5.75 Å². The summed E-state index contributed by atoms with van der Waals surface area (Å²) in [5, 5.41) is 14.3. The van der Waals surface area contributed by atoms with Gasteiger partial charge in [-0.3, -0.25) is 10.4 Å². The highest BCUT2D eigenvalue weighted by molar-refractivity contribution is 6.29. The van der Waals surface area contributed by atoms with Crippen LogP contribution in [0.2, 0.25) is 0 Å². The van der Waals surface area contributed by atoms with Crippen molar-refractivity contribution in [3.63, 3.8) is 0 Å². The van der Waals surface area contributed by atoms with Gasteiger partial charge in [-0.05, 0) is 30.7 Å². The van der Waals surface area contributed by atoms with E-state index in [0.717, 1.165) is 16.8 Å². The van der Waals surface area contributed by atoms with Gasteiger partial charge in [0.25, 0.3) is 0 Å². The van der Waals surface area contributed by atoms with E-state index >= 15 is 0 Å². The molecule has 0 fully saturated rings. The minimum atomic E-state index is 0.0733. The number of rotatable bonds is 4. The Labute approximate surface area is 152 Å². The molecule has 0 saturated heterocycles. The molecule has 1 aromatic heterocycles. The van der Waals surface area contributed by atoms with Crippen LogP contribution >= 0.6 is 0 Å². The molecule has 132 valence electrons. The van der Waals surface area contributed by atoms with Crippen LogP contribution in [-0.4, -0.2) is 36.6 Å². The third-order valence-electron chi connectivity index (χ3n) is 3.81. The van der Waals surface area contributed by atoms with Crippen molar-refractivity contribution >= 4 is 23.3 Å². The zero-order valence-electron chi connectivity index (χ0n) is 14.9. The molecule has 0 bridgehead atoms. The fraction of sp³-hybridized carbons (Fsp3) is 0.158. The standard InChI is InChI=1S/C19H20N6O/c1-12-6-7-14(9-16(12)22-3)26-19-15(11-21-2)17(20)24-18(25-19)13-5-4-8-23-10-13/h4-11,20-22H,1-3H3/b15-11+,20-17?. The maximum absolute atomic E-state index is 8.25. The van der Waals surface area contributed by atoms with Crippen molar-refractivity contribution in [2.75, 3.05) is 19.4 Å². The van der Waals surface area contributed by atoms with Gasteiger partial charge in [-0.15, -0.1) is 0 Å². The number of hydrogen-bond acceptors (Lipinski definition) is 6.